The van der Waals surface area contributed by atoms with Crippen LogP contribution in [0.25, 0.3) is 0 Å². The number of carbonyl (C=O) groups is 2. The highest BCUT2D eigenvalue weighted by molar-refractivity contribution is 9.10. The Kier molecular flexibility index (Phi) is 3.94. The van der Waals surface area contributed by atoms with Gasteiger partial charge >= 0.3 is 5.97 Å². The van der Waals surface area contributed by atoms with Crippen LogP contribution in [0.2, 0.25) is 0 Å². The molecule has 112 valence electrons. The second-order valence-corrected chi connectivity index (χ2v) is 5.84. The zero-order chi connectivity index (χ0) is 15.7. The average molecular weight is 361 g/mol. The number of carbonyl (C=O) groups excluding carboxylic acids is 2. The van der Waals surface area contributed by atoms with E-state index in [-0.39, 0.29) is 5.91 Å². The highest BCUT2D eigenvalue weighted by Crippen LogP contribution is 2.34. The topological polar surface area (TPSA) is 59.5 Å². The highest BCUT2D eigenvalue weighted by atomic mass is 79.9. The molecule has 0 saturated heterocycles. The second-order valence-electron chi connectivity index (χ2n) is 4.92. The van der Waals surface area contributed by atoms with Crippen molar-refractivity contribution in [2.75, 3.05) is 7.11 Å². The van der Waals surface area contributed by atoms with Crippen molar-refractivity contribution < 1.29 is 14.3 Å². The molecule has 0 fully saturated rings. The third-order valence-corrected chi connectivity index (χ3v) is 4.12. The van der Waals surface area contributed by atoms with E-state index < -0.39 is 12.0 Å². The van der Waals surface area contributed by atoms with Crippen molar-refractivity contribution >= 4 is 27.8 Å². The Morgan fingerprint density at radius 3 is 2.73 bits per heavy atom. The van der Waals surface area contributed by atoms with Gasteiger partial charge in [-0.3, -0.25) is 9.78 Å². The molecular formula is C16H13BrN2O3. The lowest BCUT2D eigenvalue weighted by Gasteiger charge is -2.22. The van der Waals surface area contributed by atoms with E-state index in [2.05, 4.69) is 20.9 Å². The first kappa shape index (κ1) is 14.7. The van der Waals surface area contributed by atoms with Gasteiger partial charge in [0.2, 0.25) is 0 Å². The van der Waals surface area contributed by atoms with Gasteiger partial charge in [-0.15, -0.1) is 0 Å². The number of benzene rings is 1. The van der Waals surface area contributed by atoms with Crippen molar-refractivity contribution in [2.45, 2.75) is 12.6 Å². The van der Waals surface area contributed by atoms with Gasteiger partial charge in [0.15, 0.2) is 6.04 Å². The van der Waals surface area contributed by atoms with Gasteiger partial charge in [0.05, 0.1) is 18.4 Å². The highest BCUT2D eigenvalue weighted by Gasteiger charge is 2.42. The molecule has 1 aromatic heterocycles. The third-order valence-electron chi connectivity index (χ3n) is 3.59. The summed E-state index contributed by atoms with van der Waals surface area (Å²) in [6.07, 6.45) is 1.57. The number of fused-ring (bicyclic) bond motifs is 1. The molecule has 1 aliphatic heterocycles. The molecule has 5 nitrogen and oxygen atoms in total. The molecule has 2 heterocycles. The van der Waals surface area contributed by atoms with Crippen LogP contribution in [0.15, 0.2) is 47.1 Å². The smallest absolute Gasteiger partial charge is 0.334 e. The molecule has 0 spiro atoms. The quantitative estimate of drug-likeness (QED) is 0.789. The fourth-order valence-corrected chi connectivity index (χ4v) is 2.80. The van der Waals surface area contributed by atoms with Gasteiger partial charge in [0.1, 0.15) is 0 Å². The number of rotatable bonds is 3. The lowest BCUT2D eigenvalue weighted by Crippen LogP contribution is -2.33. The van der Waals surface area contributed by atoms with Crippen molar-refractivity contribution in [3.05, 3.63) is 63.9 Å². The number of ether oxygens (including phenoxy) is 1. The molecule has 0 radical (unpaired) electrons. The summed E-state index contributed by atoms with van der Waals surface area (Å²) in [6.45, 7) is 0.322. The molecule has 1 amide bonds. The van der Waals surface area contributed by atoms with Gasteiger partial charge in [0.25, 0.3) is 5.91 Å². The predicted octanol–water partition coefficient (Wildman–Crippen LogP) is 2.71. The van der Waals surface area contributed by atoms with Gasteiger partial charge in [0, 0.05) is 17.2 Å². The van der Waals surface area contributed by atoms with Crippen LogP contribution in [-0.4, -0.2) is 28.9 Å². The fraction of sp³-hybridized carbons (Fsp3) is 0.188. The fourth-order valence-electron chi connectivity index (χ4n) is 2.54. The van der Waals surface area contributed by atoms with E-state index in [1.807, 2.05) is 24.3 Å². The van der Waals surface area contributed by atoms with E-state index in [9.17, 15) is 9.59 Å². The number of amides is 1. The number of halogens is 1. The van der Waals surface area contributed by atoms with Crippen LogP contribution in [0.4, 0.5) is 0 Å². The van der Waals surface area contributed by atoms with Crippen LogP contribution < -0.4 is 0 Å². The second kappa shape index (κ2) is 5.88. The molecule has 0 saturated carbocycles. The number of nitrogens with zero attached hydrogens (tertiary/aromatic N) is 2. The maximum atomic E-state index is 12.6. The molecule has 0 aliphatic carbocycles. The van der Waals surface area contributed by atoms with E-state index in [4.69, 9.17) is 4.74 Å². The summed E-state index contributed by atoms with van der Waals surface area (Å²) in [5, 5.41) is 0. The van der Waals surface area contributed by atoms with Crippen LogP contribution in [0.3, 0.4) is 0 Å². The van der Waals surface area contributed by atoms with E-state index in [1.165, 1.54) is 12.0 Å². The largest absolute Gasteiger partial charge is 0.467 e. The average Bonchev–Trinajstić information content (AvgIpc) is 2.82. The Morgan fingerprint density at radius 1 is 1.32 bits per heavy atom. The molecule has 0 N–H and O–H groups in total. The van der Waals surface area contributed by atoms with Crippen LogP contribution in [0.5, 0.6) is 0 Å². The normalized spacial score (nSPS) is 16.5. The number of aromatic nitrogens is 1. The molecule has 3 rings (SSSR count). The lowest BCUT2D eigenvalue weighted by molar-refractivity contribution is -0.146. The number of hydrogen-bond acceptors (Lipinski definition) is 4. The summed E-state index contributed by atoms with van der Waals surface area (Å²) in [6, 6.07) is 10.2. The number of esters is 1. The van der Waals surface area contributed by atoms with E-state index in [0.29, 0.717) is 17.8 Å². The van der Waals surface area contributed by atoms with Gasteiger partial charge in [-0.2, -0.15) is 0 Å². The maximum absolute atomic E-state index is 12.6. The van der Waals surface area contributed by atoms with Crippen LogP contribution in [-0.2, 0) is 16.1 Å². The zero-order valence-electron chi connectivity index (χ0n) is 11.8. The van der Waals surface area contributed by atoms with Crippen molar-refractivity contribution in [1.29, 1.82) is 0 Å². The summed E-state index contributed by atoms with van der Waals surface area (Å²) < 4.78 is 5.80. The Bertz CT molecular complexity index is 730. The van der Waals surface area contributed by atoms with Gasteiger partial charge in [-0.25, -0.2) is 4.79 Å². The Hall–Kier alpha value is -2.21. The first-order valence-electron chi connectivity index (χ1n) is 6.70. The minimum atomic E-state index is -0.794. The molecule has 2 aromatic rings. The Balaban J connectivity index is 1.97. The first-order valence-corrected chi connectivity index (χ1v) is 7.49. The molecule has 6 heteroatoms. The minimum absolute atomic E-state index is 0.207. The van der Waals surface area contributed by atoms with E-state index in [0.717, 1.165) is 10.0 Å². The summed E-state index contributed by atoms with van der Waals surface area (Å²) in [5.41, 5.74) is 1.84. The monoisotopic (exact) mass is 360 g/mol. The van der Waals surface area contributed by atoms with Crippen molar-refractivity contribution in [3.63, 3.8) is 0 Å². The molecule has 0 bridgehead atoms. The van der Waals surface area contributed by atoms with Crippen LogP contribution >= 0.6 is 15.9 Å². The SMILES string of the molecule is COC(=O)C1c2ncccc2C(=O)N1Cc1ccc(Br)cc1. The number of pyridine rings is 1. The van der Waals surface area contributed by atoms with Gasteiger partial charge < -0.3 is 9.64 Å². The molecule has 1 atom stereocenters. The molecular weight excluding hydrogens is 348 g/mol. The summed E-state index contributed by atoms with van der Waals surface area (Å²) in [4.78, 5) is 30.4. The number of methoxy groups -OCH3 is 1. The van der Waals surface area contributed by atoms with Gasteiger partial charge in [-0.1, -0.05) is 28.1 Å². The van der Waals surface area contributed by atoms with E-state index >= 15 is 0 Å². The predicted molar refractivity (Wildman–Crippen MR) is 83.0 cm³/mol. The van der Waals surface area contributed by atoms with Crippen molar-refractivity contribution in [1.82, 2.24) is 9.88 Å². The molecule has 22 heavy (non-hydrogen) atoms. The van der Waals surface area contributed by atoms with Crippen molar-refractivity contribution in [3.8, 4) is 0 Å². The lowest BCUT2D eigenvalue weighted by atomic mass is 10.1. The molecule has 1 unspecified atom stereocenters. The Morgan fingerprint density at radius 2 is 2.05 bits per heavy atom. The zero-order valence-corrected chi connectivity index (χ0v) is 13.4. The standard InChI is InChI=1S/C16H13BrN2O3/c1-22-16(21)14-13-12(3-2-8-18-13)15(20)19(14)9-10-4-6-11(17)7-5-10/h2-8,14H,9H2,1H3. The Labute approximate surface area is 136 Å². The maximum Gasteiger partial charge on any atom is 0.334 e. The van der Waals surface area contributed by atoms with E-state index in [1.54, 1.807) is 18.3 Å². The van der Waals surface area contributed by atoms with Crippen molar-refractivity contribution in [2.24, 2.45) is 0 Å². The minimum Gasteiger partial charge on any atom is -0.467 e. The van der Waals surface area contributed by atoms with Gasteiger partial charge in [-0.05, 0) is 29.8 Å². The number of hydrogen-bond donors (Lipinski definition) is 0. The van der Waals surface area contributed by atoms with Crippen LogP contribution in [0, 0.1) is 0 Å². The molecule has 1 aliphatic rings. The van der Waals surface area contributed by atoms with Crippen LogP contribution in [0.1, 0.15) is 27.7 Å². The first-order chi connectivity index (χ1) is 10.6. The third kappa shape index (κ3) is 2.50. The summed E-state index contributed by atoms with van der Waals surface area (Å²) in [7, 11) is 1.31. The summed E-state index contributed by atoms with van der Waals surface area (Å²) in [5.74, 6) is -0.690. The summed E-state index contributed by atoms with van der Waals surface area (Å²) >= 11 is 3.37. The molecule has 1 aromatic carbocycles.